The average molecular weight is 279 g/mol. The number of benzene rings is 2. The van der Waals surface area contributed by atoms with E-state index in [1.165, 1.54) is 16.7 Å². The summed E-state index contributed by atoms with van der Waals surface area (Å²) in [7, 11) is 0. The van der Waals surface area contributed by atoms with Crippen LogP contribution in [-0.4, -0.2) is 0 Å². The third-order valence-electron chi connectivity index (χ3n) is 3.04. The van der Waals surface area contributed by atoms with Crippen molar-refractivity contribution in [1.29, 1.82) is 0 Å². The zero-order valence-electron chi connectivity index (χ0n) is 10.6. The lowest BCUT2D eigenvalue weighted by molar-refractivity contribution is 0.863. The van der Waals surface area contributed by atoms with E-state index < -0.39 is 0 Å². The van der Waals surface area contributed by atoms with Crippen molar-refractivity contribution >= 4 is 23.2 Å². The largest absolute Gasteiger partial charge is 0.0843 e. The molecule has 0 amide bonds. The Morgan fingerprint density at radius 2 is 1.61 bits per heavy atom. The minimum absolute atomic E-state index is 0.447. The maximum Gasteiger partial charge on any atom is 0.0475 e. The predicted molar refractivity (Wildman–Crippen MR) is 79.8 cm³/mol. The molecule has 0 aliphatic heterocycles. The van der Waals surface area contributed by atoms with Crippen molar-refractivity contribution in [3.05, 3.63) is 69.2 Å². The molecule has 94 valence electrons. The van der Waals surface area contributed by atoms with Gasteiger partial charge in [0.1, 0.15) is 0 Å². The standard InChI is InChI=1S/C16H16Cl2/c1-11(2)15-5-3-4-13(16(15)18)10-12-6-8-14(17)9-7-12/h3-9,11H,10H2,1-2H3. The molecule has 2 aromatic rings. The summed E-state index contributed by atoms with van der Waals surface area (Å²) in [5.41, 5.74) is 3.61. The number of hydrogen-bond acceptors (Lipinski definition) is 0. The maximum absolute atomic E-state index is 6.46. The predicted octanol–water partition coefficient (Wildman–Crippen LogP) is 5.71. The van der Waals surface area contributed by atoms with Crippen LogP contribution in [0.1, 0.15) is 36.5 Å². The highest BCUT2D eigenvalue weighted by atomic mass is 35.5. The van der Waals surface area contributed by atoms with Crippen LogP contribution in [0.25, 0.3) is 0 Å². The van der Waals surface area contributed by atoms with Crippen LogP contribution in [0.4, 0.5) is 0 Å². The molecular formula is C16H16Cl2. The molecule has 0 unspecified atom stereocenters. The van der Waals surface area contributed by atoms with E-state index in [2.05, 4.69) is 32.0 Å². The van der Waals surface area contributed by atoms with Gasteiger partial charge < -0.3 is 0 Å². The Morgan fingerprint density at radius 3 is 2.22 bits per heavy atom. The van der Waals surface area contributed by atoms with Gasteiger partial charge in [0.25, 0.3) is 0 Å². The fourth-order valence-corrected chi connectivity index (χ4v) is 2.54. The highest BCUT2D eigenvalue weighted by Gasteiger charge is 2.09. The molecule has 0 aliphatic rings. The molecule has 2 rings (SSSR count). The van der Waals surface area contributed by atoms with Crippen molar-refractivity contribution in [1.82, 2.24) is 0 Å². The van der Waals surface area contributed by atoms with Gasteiger partial charge in [-0.25, -0.2) is 0 Å². The van der Waals surface area contributed by atoms with Gasteiger partial charge in [-0.15, -0.1) is 0 Å². The van der Waals surface area contributed by atoms with Gasteiger partial charge >= 0.3 is 0 Å². The Kier molecular flexibility index (Phi) is 4.31. The molecule has 0 atom stereocenters. The normalized spacial score (nSPS) is 10.9. The summed E-state index contributed by atoms with van der Waals surface area (Å²) in [6.45, 7) is 4.32. The van der Waals surface area contributed by atoms with Crippen molar-refractivity contribution in [3.8, 4) is 0 Å². The molecule has 2 heteroatoms. The highest BCUT2D eigenvalue weighted by Crippen LogP contribution is 2.29. The molecule has 0 fully saturated rings. The summed E-state index contributed by atoms with van der Waals surface area (Å²) in [5, 5.41) is 1.66. The van der Waals surface area contributed by atoms with Crippen molar-refractivity contribution in [2.45, 2.75) is 26.2 Å². The Hall–Kier alpha value is -0.980. The van der Waals surface area contributed by atoms with E-state index >= 15 is 0 Å². The molecule has 0 N–H and O–H groups in total. The minimum atomic E-state index is 0.447. The second kappa shape index (κ2) is 5.77. The van der Waals surface area contributed by atoms with Crippen LogP contribution in [0.3, 0.4) is 0 Å². The quantitative estimate of drug-likeness (QED) is 0.675. The van der Waals surface area contributed by atoms with Crippen LogP contribution in [0, 0.1) is 0 Å². The molecule has 0 spiro atoms. The number of rotatable bonds is 3. The van der Waals surface area contributed by atoms with E-state index in [1.54, 1.807) is 0 Å². The number of halogens is 2. The lowest BCUT2D eigenvalue weighted by Gasteiger charge is -2.12. The van der Waals surface area contributed by atoms with Gasteiger partial charge in [0.2, 0.25) is 0 Å². The Morgan fingerprint density at radius 1 is 0.944 bits per heavy atom. The van der Waals surface area contributed by atoms with Gasteiger partial charge in [-0.3, -0.25) is 0 Å². The molecule has 0 saturated carbocycles. The first kappa shape index (κ1) is 13.5. The van der Waals surface area contributed by atoms with Crippen LogP contribution in [0.15, 0.2) is 42.5 Å². The molecule has 0 saturated heterocycles. The SMILES string of the molecule is CC(C)c1cccc(Cc2ccc(Cl)cc2)c1Cl. The molecule has 18 heavy (non-hydrogen) atoms. The molecule has 0 radical (unpaired) electrons. The van der Waals surface area contributed by atoms with Gasteiger partial charge in [-0.1, -0.05) is 67.4 Å². The molecule has 2 aromatic carbocycles. The van der Waals surface area contributed by atoms with Crippen LogP contribution >= 0.6 is 23.2 Å². The second-order valence-corrected chi connectivity index (χ2v) is 5.59. The fraction of sp³-hybridized carbons (Fsp3) is 0.250. The summed E-state index contributed by atoms with van der Waals surface area (Å²) >= 11 is 12.3. The van der Waals surface area contributed by atoms with E-state index in [1.807, 2.05) is 24.3 Å². The van der Waals surface area contributed by atoms with Crippen LogP contribution in [0.2, 0.25) is 10.0 Å². The summed E-state index contributed by atoms with van der Waals surface area (Å²) in [6.07, 6.45) is 0.844. The van der Waals surface area contributed by atoms with Gasteiger partial charge in [0.05, 0.1) is 0 Å². The first-order valence-corrected chi connectivity index (χ1v) is 6.85. The van der Waals surface area contributed by atoms with Gasteiger partial charge in [0.15, 0.2) is 0 Å². The third kappa shape index (κ3) is 3.07. The summed E-state index contributed by atoms with van der Waals surface area (Å²) in [4.78, 5) is 0. The maximum atomic E-state index is 6.46. The lowest BCUT2D eigenvalue weighted by Crippen LogP contribution is -1.95. The summed E-state index contributed by atoms with van der Waals surface area (Å²) in [6, 6.07) is 14.2. The summed E-state index contributed by atoms with van der Waals surface area (Å²) in [5.74, 6) is 0.447. The monoisotopic (exact) mass is 278 g/mol. The lowest BCUT2D eigenvalue weighted by atomic mass is 9.97. The molecular weight excluding hydrogens is 263 g/mol. The third-order valence-corrected chi connectivity index (χ3v) is 3.75. The van der Waals surface area contributed by atoms with Gasteiger partial charge in [0, 0.05) is 10.0 Å². The first-order valence-electron chi connectivity index (χ1n) is 6.09. The topological polar surface area (TPSA) is 0 Å². The van der Waals surface area contributed by atoms with Crippen molar-refractivity contribution < 1.29 is 0 Å². The fourth-order valence-electron chi connectivity index (χ4n) is 2.00. The molecule has 0 bridgehead atoms. The Labute approximate surface area is 119 Å². The average Bonchev–Trinajstić information content (AvgIpc) is 2.34. The van der Waals surface area contributed by atoms with E-state index in [0.29, 0.717) is 5.92 Å². The highest BCUT2D eigenvalue weighted by molar-refractivity contribution is 6.32. The summed E-state index contributed by atoms with van der Waals surface area (Å²) < 4.78 is 0. The number of hydrogen-bond donors (Lipinski definition) is 0. The Bertz CT molecular complexity index is 527. The van der Waals surface area contributed by atoms with Crippen molar-refractivity contribution in [2.75, 3.05) is 0 Å². The van der Waals surface area contributed by atoms with Crippen molar-refractivity contribution in [3.63, 3.8) is 0 Å². The van der Waals surface area contributed by atoms with Crippen LogP contribution in [0.5, 0.6) is 0 Å². The van der Waals surface area contributed by atoms with Gasteiger partial charge in [-0.05, 0) is 41.2 Å². The van der Waals surface area contributed by atoms with E-state index in [0.717, 1.165) is 16.5 Å². The van der Waals surface area contributed by atoms with Crippen LogP contribution < -0.4 is 0 Å². The molecule has 0 nitrogen and oxygen atoms in total. The molecule has 0 aliphatic carbocycles. The van der Waals surface area contributed by atoms with Crippen LogP contribution in [-0.2, 0) is 6.42 Å². The van der Waals surface area contributed by atoms with E-state index in [-0.39, 0.29) is 0 Å². The molecule has 0 aromatic heterocycles. The van der Waals surface area contributed by atoms with E-state index in [4.69, 9.17) is 23.2 Å². The first-order chi connectivity index (χ1) is 8.58. The van der Waals surface area contributed by atoms with Gasteiger partial charge in [-0.2, -0.15) is 0 Å². The second-order valence-electron chi connectivity index (χ2n) is 4.78. The van der Waals surface area contributed by atoms with Crippen molar-refractivity contribution in [2.24, 2.45) is 0 Å². The molecule has 0 heterocycles. The smallest absolute Gasteiger partial charge is 0.0475 e. The van der Waals surface area contributed by atoms with E-state index in [9.17, 15) is 0 Å². The minimum Gasteiger partial charge on any atom is -0.0843 e. The Balaban J connectivity index is 2.29. The zero-order valence-corrected chi connectivity index (χ0v) is 12.1. The zero-order chi connectivity index (χ0) is 13.1.